The number of carbonyl (C=O) groups excluding carboxylic acids is 1. The van der Waals surface area contributed by atoms with Crippen molar-refractivity contribution in [3.8, 4) is 0 Å². The molecule has 0 radical (unpaired) electrons. The van der Waals surface area contributed by atoms with E-state index in [0.29, 0.717) is 13.0 Å². The molecule has 0 aliphatic heterocycles. The van der Waals surface area contributed by atoms with Gasteiger partial charge in [0.05, 0.1) is 6.61 Å². The Kier molecular flexibility index (Phi) is 6.19. The molecule has 16 heavy (non-hydrogen) atoms. The molecule has 0 bridgehead atoms. The lowest BCUT2D eigenvalue weighted by Crippen LogP contribution is -2.07. The van der Waals surface area contributed by atoms with Gasteiger partial charge in [-0.05, 0) is 12.0 Å². The average molecular weight is 218 g/mol. The smallest absolute Gasteiger partial charge is 0.158 e. The Balaban J connectivity index is 2.16. The van der Waals surface area contributed by atoms with Crippen LogP contribution in [-0.4, -0.2) is 19.0 Å². The first-order valence-corrected chi connectivity index (χ1v) is 5.64. The van der Waals surface area contributed by atoms with Crippen LogP contribution in [0.5, 0.6) is 0 Å². The second kappa shape index (κ2) is 7.83. The summed E-state index contributed by atoms with van der Waals surface area (Å²) in [5.41, 5.74) is 1.14. The first-order chi connectivity index (χ1) is 7.83. The van der Waals surface area contributed by atoms with Crippen LogP contribution in [0.1, 0.15) is 25.3 Å². The molecule has 1 aromatic rings. The van der Waals surface area contributed by atoms with Gasteiger partial charge in [-0.3, -0.25) is 4.79 Å². The Morgan fingerprint density at radius 1 is 1.31 bits per heavy atom. The maximum Gasteiger partial charge on any atom is 0.158 e. The van der Waals surface area contributed by atoms with Crippen LogP contribution in [0.25, 0.3) is 6.08 Å². The van der Waals surface area contributed by atoms with Gasteiger partial charge in [-0.25, -0.2) is 0 Å². The Bertz CT molecular complexity index is 328. The summed E-state index contributed by atoms with van der Waals surface area (Å²) in [5, 5.41) is 0. The highest BCUT2D eigenvalue weighted by Gasteiger charge is 1.97. The summed E-state index contributed by atoms with van der Waals surface area (Å²) < 4.78 is 5.23. The van der Waals surface area contributed by atoms with E-state index in [1.54, 1.807) is 0 Å². The van der Waals surface area contributed by atoms with E-state index in [1.807, 2.05) is 49.4 Å². The summed E-state index contributed by atoms with van der Waals surface area (Å²) in [6.07, 6.45) is 5.42. The molecule has 0 atom stereocenters. The molecule has 0 aliphatic carbocycles. The van der Waals surface area contributed by atoms with E-state index in [2.05, 4.69) is 0 Å². The van der Waals surface area contributed by atoms with Crippen molar-refractivity contribution >= 4 is 11.9 Å². The molecule has 0 spiro atoms. The van der Waals surface area contributed by atoms with Crippen molar-refractivity contribution in [2.75, 3.05) is 13.2 Å². The van der Waals surface area contributed by atoms with Gasteiger partial charge in [-0.1, -0.05) is 49.4 Å². The summed E-state index contributed by atoms with van der Waals surface area (Å²) in [4.78, 5) is 11.1. The first-order valence-electron chi connectivity index (χ1n) is 5.64. The summed E-state index contributed by atoms with van der Waals surface area (Å²) in [5.74, 6) is 0.176. The molecule has 86 valence electrons. The molecule has 0 fully saturated rings. The lowest BCUT2D eigenvalue weighted by Gasteiger charge is -1.98. The highest BCUT2D eigenvalue weighted by Crippen LogP contribution is 2.00. The average Bonchev–Trinajstić information content (AvgIpc) is 2.30. The molecule has 0 heterocycles. The number of hydrogen-bond acceptors (Lipinski definition) is 2. The number of carbonyl (C=O) groups is 1. The lowest BCUT2D eigenvalue weighted by molar-refractivity contribution is -0.123. The van der Waals surface area contributed by atoms with Crippen LogP contribution < -0.4 is 0 Å². The summed E-state index contributed by atoms with van der Waals surface area (Å²) in [7, 11) is 0. The van der Waals surface area contributed by atoms with Crippen molar-refractivity contribution < 1.29 is 9.53 Å². The highest BCUT2D eigenvalue weighted by molar-refractivity contribution is 5.79. The van der Waals surface area contributed by atoms with Gasteiger partial charge in [-0.15, -0.1) is 0 Å². The maximum atomic E-state index is 11.1. The van der Waals surface area contributed by atoms with E-state index in [4.69, 9.17) is 4.74 Å². The van der Waals surface area contributed by atoms with Crippen molar-refractivity contribution in [3.63, 3.8) is 0 Å². The van der Waals surface area contributed by atoms with Crippen LogP contribution in [0.4, 0.5) is 0 Å². The minimum atomic E-state index is 0.176. The summed E-state index contributed by atoms with van der Waals surface area (Å²) in [6.45, 7) is 2.71. The first kappa shape index (κ1) is 12.7. The van der Waals surface area contributed by atoms with E-state index < -0.39 is 0 Å². The van der Waals surface area contributed by atoms with E-state index in [-0.39, 0.29) is 12.4 Å². The predicted molar refractivity (Wildman–Crippen MR) is 66.2 cm³/mol. The molecule has 1 rings (SSSR count). The van der Waals surface area contributed by atoms with Gasteiger partial charge in [-0.2, -0.15) is 0 Å². The minimum Gasteiger partial charge on any atom is -0.370 e. The molecule has 0 N–H and O–H groups in total. The van der Waals surface area contributed by atoms with Gasteiger partial charge in [0.15, 0.2) is 5.78 Å². The zero-order valence-electron chi connectivity index (χ0n) is 9.69. The quantitative estimate of drug-likeness (QED) is 0.657. The third-order valence-corrected chi connectivity index (χ3v) is 2.12. The number of rotatable bonds is 7. The molecule has 2 heteroatoms. The second-order valence-corrected chi connectivity index (χ2v) is 3.62. The van der Waals surface area contributed by atoms with Crippen LogP contribution >= 0.6 is 0 Å². The SMILES string of the molecule is CCCC(=O)COCC=Cc1ccccc1. The molecular weight excluding hydrogens is 200 g/mol. The monoisotopic (exact) mass is 218 g/mol. The van der Waals surface area contributed by atoms with Crippen molar-refractivity contribution in [2.24, 2.45) is 0 Å². The van der Waals surface area contributed by atoms with Gasteiger partial charge in [0, 0.05) is 6.42 Å². The van der Waals surface area contributed by atoms with Gasteiger partial charge in [0.1, 0.15) is 6.61 Å². The van der Waals surface area contributed by atoms with Crippen LogP contribution in [0, 0.1) is 0 Å². The largest absolute Gasteiger partial charge is 0.370 e. The Morgan fingerprint density at radius 3 is 2.75 bits per heavy atom. The van der Waals surface area contributed by atoms with Crippen LogP contribution in [-0.2, 0) is 9.53 Å². The fraction of sp³-hybridized carbons (Fsp3) is 0.357. The van der Waals surface area contributed by atoms with E-state index >= 15 is 0 Å². The number of hydrogen-bond donors (Lipinski definition) is 0. The molecule has 0 aromatic heterocycles. The molecular formula is C14H18O2. The van der Waals surface area contributed by atoms with Gasteiger partial charge in [0.2, 0.25) is 0 Å². The Morgan fingerprint density at radius 2 is 2.06 bits per heavy atom. The van der Waals surface area contributed by atoms with Gasteiger partial charge in [0.25, 0.3) is 0 Å². The van der Waals surface area contributed by atoms with Gasteiger partial charge >= 0.3 is 0 Å². The third kappa shape index (κ3) is 5.47. The van der Waals surface area contributed by atoms with Crippen LogP contribution in [0.3, 0.4) is 0 Å². The molecule has 0 aliphatic rings. The van der Waals surface area contributed by atoms with Crippen LogP contribution in [0.2, 0.25) is 0 Å². The molecule has 0 unspecified atom stereocenters. The minimum absolute atomic E-state index is 0.176. The Labute approximate surface area is 96.9 Å². The Hall–Kier alpha value is -1.41. The third-order valence-electron chi connectivity index (χ3n) is 2.12. The molecule has 0 saturated heterocycles. The summed E-state index contributed by atoms with van der Waals surface area (Å²) >= 11 is 0. The van der Waals surface area contributed by atoms with Crippen molar-refractivity contribution in [1.82, 2.24) is 0 Å². The van der Waals surface area contributed by atoms with Gasteiger partial charge < -0.3 is 4.74 Å². The molecule has 1 aromatic carbocycles. The van der Waals surface area contributed by atoms with Crippen molar-refractivity contribution in [2.45, 2.75) is 19.8 Å². The summed E-state index contributed by atoms with van der Waals surface area (Å²) in [6, 6.07) is 10.0. The van der Waals surface area contributed by atoms with E-state index in [9.17, 15) is 4.79 Å². The topological polar surface area (TPSA) is 26.3 Å². The molecule has 2 nitrogen and oxygen atoms in total. The standard InChI is InChI=1S/C14H18O2/c1-2-7-14(15)12-16-11-6-10-13-8-4-3-5-9-13/h3-6,8-10H,2,7,11-12H2,1H3. The number of benzene rings is 1. The predicted octanol–water partition coefficient (Wildman–Crippen LogP) is 3.09. The lowest BCUT2D eigenvalue weighted by atomic mass is 10.2. The highest BCUT2D eigenvalue weighted by atomic mass is 16.5. The maximum absolute atomic E-state index is 11.1. The number of ketones is 1. The second-order valence-electron chi connectivity index (χ2n) is 3.62. The van der Waals surface area contributed by atoms with E-state index in [0.717, 1.165) is 12.0 Å². The van der Waals surface area contributed by atoms with Crippen LogP contribution in [0.15, 0.2) is 36.4 Å². The fourth-order valence-corrected chi connectivity index (χ4v) is 1.34. The van der Waals surface area contributed by atoms with Crippen molar-refractivity contribution in [3.05, 3.63) is 42.0 Å². The number of ether oxygens (including phenoxy) is 1. The number of Topliss-reactive ketones (excluding diaryl/α,β-unsaturated/α-hetero) is 1. The molecule has 0 amide bonds. The normalized spacial score (nSPS) is 10.8. The van der Waals surface area contributed by atoms with E-state index in [1.165, 1.54) is 0 Å². The zero-order chi connectivity index (χ0) is 11.6. The molecule has 0 saturated carbocycles. The fourth-order valence-electron chi connectivity index (χ4n) is 1.34. The zero-order valence-corrected chi connectivity index (χ0v) is 9.69. The van der Waals surface area contributed by atoms with Crippen molar-refractivity contribution in [1.29, 1.82) is 0 Å².